The molecule has 0 bridgehead atoms. The lowest BCUT2D eigenvalue weighted by atomic mass is 10.1. The summed E-state index contributed by atoms with van der Waals surface area (Å²) in [5, 5.41) is 0. The SMILES string of the molecule is CCCN1CCC(=O)N(C(CSc2ccc(Br)cc2)Cc2ccccc2)CC1. The van der Waals surface area contributed by atoms with Crippen molar-refractivity contribution in [3.63, 3.8) is 0 Å². The molecule has 1 atom stereocenters. The van der Waals surface area contributed by atoms with Crippen molar-refractivity contribution >= 4 is 33.6 Å². The average molecular weight is 461 g/mol. The number of rotatable bonds is 8. The van der Waals surface area contributed by atoms with Crippen LogP contribution in [0.5, 0.6) is 0 Å². The molecule has 150 valence electrons. The van der Waals surface area contributed by atoms with Crippen molar-refractivity contribution in [2.45, 2.75) is 37.1 Å². The summed E-state index contributed by atoms with van der Waals surface area (Å²) in [6.07, 6.45) is 2.68. The normalized spacial score (nSPS) is 16.8. The Hall–Kier alpha value is -1.30. The first-order valence-corrected chi connectivity index (χ1v) is 11.9. The molecule has 3 nitrogen and oxygen atoms in total. The summed E-state index contributed by atoms with van der Waals surface area (Å²) >= 11 is 5.34. The van der Waals surface area contributed by atoms with Gasteiger partial charge in [0.05, 0.1) is 0 Å². The van der Waals surface area contributed by atoms with E-state index in [9.17, 15) is 4.79 Å². The predicted molar refractivity (Wildman–Crippen MR) is 122 cm³/mol. The molecular weight excluding hydrogens is 432 g/mol. The standard InChI is InChI=1S/C23H29BrN2OS/c1-2-13-25-14-12-23(27)26(16-15-25)21(17-19-6-4-3-5-7-19)18-28-22-10-8-20(24)9-11-22/h3-11,21H,2,12-18H2,1H3. The van der Waals surface area contributed by atoms with E-state index in [-0.39, 0.29) is 6.04 Å². The number of hydrogen-bond acceptors (Lipinski definition) is 3. The van der Waals surface area contributed by atoms with Crippen LogP contribution in [-0.2, 0) is 11.2 Å². The number of carbonyl (C=O) groups excluding carboxylic acids is 1. The number of benzene rings is 2. The highest BCUT2D eigenvalue weighted by Crippen LogP contribution is 2.25. The first-order valence-electron chi connectivity index (χ1n) is 10.1. The van der Waals surface area contributed by atoms with E-state index in [1.54, 1.807) is 0 Å². The third-order valence-electron chi connectivity index (χ3n) is 5.17. The Labute approximate surface area is 181 Å². The molecule has 0 spiro atoms. The van der Waals surface area contributed by atoms with Gasteiger partial charge in [-0.1, -0.05) is 53.2 Å². The Balaban J connectivity index is 1.72. The fourth-order valence-electron chi connectivity index (χ4n) is 3.68. The van der Waals surface area contributed by atoms with Crippen LogP contribution in [0.2, 0.25) is 0 Å². The van der Waals surface area contributed by atoms with Gasteiger partial charge in [0.15, 0.2) is 0 Å². The monoisotopic (exact) mass is 460 g/mol. The Morgan fingerprint density at radius 2 is 1.79 bits per heavy atom. The van der Waals surface area contributed by atoms with Crippen LogP contribution in [-0.4, -0.2) is 53.7 Å². The van der Waals surface area contributed by atoms with Crippen molar-refractivity contribution in [3.05, 3.63) is 64.6 Å². The van der Waals surface area contributed by atoms with Crippen LogP contribution in [0, 0.1) is 0 Å². The molecular formula is C23H29BrN2OS. The Bertz CT molecular complexity index is 738. The van der Waals surface area contributed by atoms with Crippen molar-refractivity contribution in [2.24, 2.45) is 0 Å². The number of carbonyl (C=O) groups is 1. The van der Waals surface area contributed by atoms with E-state index in [1.807, 2.05) is 11.8 Å². The second-order valence-corrected chi connectivity index (χ2v) is 9.30. The second kappa shape index (κ2) is 11.0. The van der Waals surface area contributed by atoms with Gasteiger partial charge >= 0.3 is 0 Å². The van der Waals surface area contributed by atoms with Crippen molar-refractivity contribution in [1.29, 1.82) is 0 Å². The highest BCUT2D eigenvalue weighted by Gasteiger charge is 2.27. The molecule has 1 saturated heterocycles. The molecule has 0 aromatic heterocycles. The highest BCUT2D eigenvalue weighted by atomic mass is 79.9. The zero-order chi connectivity index (χ0) is 19.8. The minimum absolute atomic E-state index is 0.213. The largest absolute Gasteiger partial charge is 0.337 e. The summed E-state index contributed by atoms with van der Waals surface area (Å²) in [7, 11) is 0. The maximum Gasteiger partial charge on any atom is 0.224 e. The van der Waals surface area contributed by atoms with E-state index in [1.165, 1.54) is 10.5 Å². The molecule has 1 aliphatic heterocycles. The summed E-state index contributed by atoms with van der Waals surface area (Å²) in [6.45, 7) is 5.99. The maximum atomic E-state index is 12.9. The molecule has 2 aromatic carbocycles. The van der Waals surface area contributed by atoms with E-state index in [4.69, 9.17) is 0 Å². The maximum absolute atomic E-state index is 12.9. The first-order chi connectivity index (χ1) is 13.7. The van der Waals surface area contributed by atoms with E-state index in [0.717, 1.165) is 49.2 Å². The number of amides is 1. The van der Waals surface area contributed by atoms with E-state index < -0.39 is 0 Å². The first kappa shape index (κ1) is 21.4. The molecule has 0 radical (unpaired) electrons. The Morgan fingerprint density at radius 1 is 1.04 bits per heavy atom. The topological polar surface area (TPSA) is 23.6 Å². The van der Waals surface area contributed by atoms with E-state index in [2.05, 4.69) is 87.3 Å². The van der Waals surface area contributed by atoms with E-state index in [0.29, 0.717) is 12.3 Å². The quantitative estimate of drug-likeness (QED) is 0.512. The van der Waals surface area contributed by atoms with Crippen molar-refractivity contribution in [1.82, 2.24) is 9.80 Å². The molecule has 2 aromatic rings. The molecule has 1 aliphatic rings. The minimum atomic E-state index is 0.213. The summed E-state index contributed by atoms with van der Waals surface area (Å²) in [6, 6.07) is 19.2. The second-order valence-electron chi connectivity index (χ2n) is 7.29. The molecule has 28 heavy (non-hydrogen) atoms. The van der Waals surface area contributed by atoms with Gasteiger partial charge in [-0.3, -0.25) is 4.79 Å². The van der Waals surface area contributed by atoms with Crippen LogP contribution >= 0.6 is 27.7 Å². The molecule has 1 unspecified atom stereocenters. The highest BCUT2D eigenvalue weighted by molar-refractivity contribution is 9.10. The lowest BCUT2D eigenvalue weighted by Crippen LogP contribution is -2.44. The Morgan fingerprint density at radius 3 is 2.50 bits per heavy atom. The number of thioether (sulfide) groups is 1. The van der Waals surface area contributed by atoms with Crippen LogP contribution in [0.25, 0.3) is 0 Å². The van der Waals surface area contributed by atoms with Crippen LogP contribution in [0.3, 0.4) is 0 Å². The summed E-state index contributed by atoms with van der Waals surface area (Å²) < 4.78 is 1.09. The van der Waals surface area contributed by atoms with Gasteiger partial charge < -0.3 is 9.80 Å². The molecule has 0 saturated carbocycles. The van der Waals surface area contributed by atoms with Crippen molar-refractivity contribution in [2.75, 3.05) is 31.9 Å². The zero-order valence-electron chi connectivity index (χ0n) is 16.5. The predicted octanol–water partition coefficient (Wildman–Crippen LogP) is 5.10. The summed E-state index contributed by atoms with van der Waals surface area (Å²) in [5.74, 6) is 1.21. The van der Waals surface area contributed by atoms with Crippen LogP contribution in [0.4, 0.5) is 0 Å². The third kappa shape index (κ3) is 6.36. The number of hydrogen-bond donors (Lipinski definition) is 0. The van der Waals surface area contributed by atoms with Gasteiger partial charge in [0.25, 0.3) is 0 Å². The van der Waals surface area contributed by atoms with Crippen molar-refractivity contribution < 1.29 is 4.79 Å². The molecule has 5 heteroatoms. The smallest absolute Gasteiger partial charge is 0.224 e. The summed E-state index contributed by atoms with van der Waals surface area (Å²) in [4.78, 5) is 18.8. The van der Waals surface area contributed by atoms with Gasteiger partial charge in [-0.05, 0) is 49.2 Å². The molecule has 3 rings (SSSR count). The van der Waals surface area contributed by atoms with E-state index >= 15 is 0 Å². The lowest BCUT2D eigenvalue weighted by Gasteiger charge is -2.31. The van der Waals surface area contributed by atoms with Crippen molar-refractivity contribution in [3.8, 4) is 0 Å². The summed E-state index contributed by atoms with van der Waals surface area (Å²) in [5.41, 5.74) is 1.30. The van der Waals surface area contributed by atoms with Gasteiger partial charge in [-0.2, -0.15) is 0 Å². The third-order valence-corrected chi connectivity index (χ3v) is 6.86. The average Bonchev–Trinajstić information content (AvgIpc) is 2.89. The molecule has 1 fully saturated rings. The molecule has 0 aliphatic carbocycles. The van der Waals surface area contributed by atoms with Gasteiger partial charge in [-0.15, -0.1) is 11.8 Å². The van der Waals surface area contributed by atoms with Crippen LogP contribution in [0.15, 0.2) is 64.0 Å². The van der Waals surface area contributed by atoms with Gasteiger partial charge in [0.2, 0.25) is 5.91 Å². The van der Waals surface area contributed by atoms with Crippen LogP contribution in [0.1, 0.15) is 25.3 Å². The van der Waals surface area contributed by atoms with Gasteiger partial charge in [-0.25, -0.2) is 0 Å². The zero-order valence-corrected chi connectivity index (χ0v) is 18.9. The fraction of sp³-hybridized carbons (Fsp3) is 0.435. The molecule has 0 N–H and O–H groups in total. The van der Waals surface area contributed by atoms with Gasteiger partial charge in [0, 0.05) is 47.2 Å². The molecule has 1 heterocycles. The van der Waals surface area contributed by atoms with Gasteiger partial charge in [0.1, 0.15) is 0 Å². The van der Waals surface area contributed by atoms with Crippen LogP contribution < -0.4 is 0 Å². The minimum Gasteiger partial charge on any atom is -0.337 e. The number of halogens is 1. The fourth-order valence-corrected chi connectivity index (χ4v) is 4.95. The Kier molecular flexibility index (Phi) is 8.44. The lowest BCUT2D eigenvalue weighted by molar-refractivity contribution is -0.132. The molecule has 1 amide bonds. The number of nitrogens with zero attached hydrogens (tertiary/aromatic N) is 2.